The van der Waals surface area contributed by atoms with E-state index in [4.69, 9.17) is 4.74 Å². The van der Waals surface area contributed by atoms with Crippen LogP contribution in [0.5, 0.6) is 5.75 Å². The fraction of sp³-hybridized carbons (Fsp3) is 0.182. The van der Waals surface area contributed by atoms with Crippen molar-refractivity contribution in [1.29, 1.82) is 0 Å². The molecule has 0 bridgehead atoms. The molecule has 0 aliphatic heterocycles. The fourth-order valence-electron chi connectivity index (χ4n) is 1.42. The molecule has 0 unspecified atom stereocenters. The first-order valence-electron chi connectivity index (χ1n) is 4.19. The first kappa shape index (κ1) is 8.05. The number of pyridine rings is 1. The summed E-state index contributed by atoms with van der Waals surface area (Å²) in [6, 6.07) is 6.00. The van der Waals surface area contributed by atoms with Crippen LogP contribution in [0.15, 0.2) is 30.6 Å². The predicted octanol–water partition coefficient (Wildman–Crippen LogP) is 2.55. The summed E-state index contributed by atoms with van der Waals surface area (Å²) in [5, 5.41) is 2.36. The van der Waals surface area contributed by atoms with Crippen molar-refractivity contribution in [1.82, 2.24) is 4.98 Å². The lowest BCUT2D eigenvalue weighted by molar-refractivity contribution is 0.415. The predicted molar refractivity (Wildman–Crippen MR) is 53.0 cm³/mol. The Balaban J connectivity index is 2.74. The molecule has 13 heavy (non-hydrogen) atoms. The van der Waals surface area contributed by atoms with E-state index < -0.39 is 0 Å². The van der Waals surface area contributed by atoms with Crippen LogP contribution in [0.2, 0.25) is 0 Å². The highest BCUT2D eigenvalue weighted by Gasteiger charge is 1.98. The zero-order valence-electron chi connectivity index (χ0n) is 7.74. The molecule has 0 amide bonds. The number of fused-ring (bicyclic) bond motifs is 1. The Morgan fingerprint density at radius 1 is 1.23 bits per heavy atom. The average Bonchev–Trinajstić information content (AvgIpc) is 2.18. The van der Waals surface area contributed by atoms with Crippen molar-refractivity contribution in [3.8, 4) is 5.75 Å². The number of aromatic nitrogens is 1. The average molecular weight is 173 g/mol. The standard InChI is InChI=1S/C11H11NO/c1-8-6-12-7-9-3-4-10(13-2)5-11(8)9/h3-7H,1-2H3. The summed E-state index contributed by atoms with van der Waals surface area (Å²) in [5.41, 5.74) is 1.18. The van der Waals surface area contributed by atoms with E-state index >= 15 is 0 Å². The summed E-state index contributed by atoms with van der Waals surface area (Å²) in [4.78, 5) is 4.13. The SMILES string of the molecule is COc1ccc2cncc(C)c2c1. The third-order valence-electron chi connectivity index (χ3n) is 2.17. The van der Waals surface area contributed by atoms with Gasteiger partial charge in [-0.15, -0.1) is 0 Å². The van der Waals surface area contributed by atoms with Crippen molar-refractivity contribution in [3.05, 3.63) is 36.2 Å². The molecule has 1 aromatic heterocycles. The molecule has 2 rings (SSSR count). The third-order valence-corrected chi connectivity index (χ3v) is 2.17. The molecule has 0 N–H and O–H groups in total. The van der Waals surface area contributed by atoms with Gasteiger partial charge in [-0.1, -0.05) is 0 Å². The summed E-state index contributed by atoms with van der Waals surface area (Å²) in [5.74, 6) is 0.891. The Labute approximate surface area is 77.2 Å². The van der Waals surface area contributed by atoms with Crippen molar-refractivity contribution in [2.75, 3.05) is 7.11 Å². The summed E-state index contributed by atoms with van der Waals surface area (Å²) < 4.78 is 5.16. The van der Waals surface area contributed by atoms with Gasteiger partial charge in [0.2, 0.25) is 0 Å². The van der Waals surface area contributed by atoms with E-state index in [1.54, 1.807) is 7.11 Å². The van der Waals surface area contributed by atoms with Gasteiger partial charge in [-0.05, 0) is 36.1 Å². The van der Waals surface area contributed by atoms with Gasteiger partial charge in [0, 0.05) is 17.8 Å². The van der Waals surface area contributed by atoms with Crippen LogP contribution in [0.1, 0.15) is 5.56 Å². The summed E-state index contributed by atoms with van der Waals surface area (Å²) in [7, 11) is 1.68. The number of nitrogens with zero attached hydrogens (tertiary/aromatic N) is 1. The molecule has 0 radical (unpaired) electrons. The number of rotatable bonds is 1. The maximum Gasteiger partial charge on any atom is 0.119 e. The molecule has 2 aromatic rings. The highest BCUT2D eigenvalue weighted by molar-refractivity contribution is 5.85. The van der Waals surface area contributed by atoms with Crippen molar-refractivity contribution < 1.29 is 4.74 Å². The largest absolute Gasteiger partial charge is 0.497 e. The summed E-state index contributed by atoms with van der Waals surface area (Å²) in [6.07, 6.45) is 3.73. The maximum absolute atomic E-state index is 5.16. The van der Waals surface area contributed by atoms with E-state index in [9.17, 15) is 0 Å². The van der Waals surface area contributed by atoms with Crippen molar-refractivity contribution in [2.45, 2.75) is 6.92 Å². The molecule has 0 aliphatic carbocycles. The Bertz CT molecular complexity index is 437. The Morgan fingerprint density at radius 3 is 2.85 bits per heavy atom. The number of methoxy groups -OCH3 is 1. The summed E-state index contributed by atoms with van der Waals surface area (Å²) >= 11 is 0. The number of hydrogen-bond donors (Lipinski definition) is 0. The summed E-state index contributed by atoms with van der Waals surface area (Å²) in [6.45, 7) is 2.05. The van der Waals surface area contributed by atoms with Gasteiger partial charge in [0.15, 0.2) is 0 Å². The van der Waals surface area contributed by atoms with Crippen LogP contribution in [-0.4, -0.2) is 12.1 Å². The fourth-order valence-corrected chi connectivity index (χ4v) is 1.42. The lowest BCUT2D eigenvalue weighted by atomic mass is 10.1. The zero-order chi connectivity index (χ0) is 9.26. The van der Waals surface area contributed by atoms with Gasteiger partial charge in [-0.25, -0.2) is 0 Å². The van der Waals surface area contributed by atoms with Gasteiger partial charge < -0.3 is 4.74 Å². The second-order valence-corrected chi connectivity index (χ2v) is 3.04. The smallest absolute Gasteiger partial charge is 0.119 e. The number of ether oxygens (including phenoxy) is 1. The van der Waals surface area contributed by atoms with Gasteiger partial charge in [-0.3, -0.25) is 4.98 Å². The van der Waals surface area contributed by atoms with Gasteiger partial charge in [0.05, 0.1) is 7.11 Å². The Hall–Kier alpha value is -1.57. The first-order chi connectivity index (χ1) is 6.31. The van der Waals surface area contributed by atoms with E-state index in [0.717, 1.165) is 11.1 Å². The highest BCUT2D eigenvalue weighted by Crippen LogP contribution is 2.22. The molecule has 1 aromatic carbocycles. The molecule has 2 heteroatoms. The van der Waals surface area contributed by atoms with Crippen LogP contribution >= 0.6 is 0 Å². The minimum absolute atomic E-state index is 0.891. The van der Waals surface area contributed by atoms with Crippen LogP contribution in [0, 0.1) is 6.92 Å². The van der Waals surface area contributed by atoms with Gasteiger partial charge >= 0.3 is 0 Å². The lowest BCUT2D eigenvalue weighted by Crippen LogP contribution is -1.85. The van der Waals surface area contributed by atoms with Gasteiger partial charge in [0.1, 0.15) is 5.75 Å². The molecule has 66 valence electrons. The van der Waals surface area contributed by atoms with Crippen LogP contribution in [0.25, 0.3) is 10.8 Å². The first-order valence-corrected chi connectivity index (χ1v) is 4.19. The van der Waals surface area contributed by atoms with Crippen LogP contribution in [0.3, 0.4) is 0 Å². The lowest BCUT2D eigenvalue weighted by Gasteiger charge is -2.03. The molecule has 1 heterocycles. The van der Waals surface area contributed by atoms with E-state index in [1.165, 1.54) is 10.9 Å². The number of benzene rings is 1. The molecule has 0 saturated carbocycles. The van der Waals surface area contributed by atoms with Crippen LogP contribution in [-0.2, 0) is 0 Å². The van der Waals surface area contributed by atoms with E-state index in [1.807, 2.05) is 30.6 Å². The number of aryl methyl sites for hydroxylation is 1. The van der Waals surface area contributed by atoms with Gasteiger partial charge in [0.25, 0.3) is 0 Å². The molecule has 0 fully saturated rings. The maximum atomic E-state index is 5.16. The second-order valence-electron chi connectivity index (χ2n) is 3.04. The minimum atomic E-state index is 0.891. The van der Waals surface area contributed by atoms with Crippen molar-refractivity contribution >= 4 is 10.8 Å². The molecular weight excluding hydrogens is 162 g/mol. The van der Waals surface area contributed by atoms with Crippen molar-refractivity contribution in [3.63, 3.8) is 0 Å². The zero-order valence-corrected chi connectivity index (χ0v) is 7.74. The molecule has 0 saturated heterocycles. The molecule has 2 nitrogen and oxygen atoms in total. The van der Waals surface area contributed by atoms with E-state index in [2.05, 4.69) is 11.9 Å². The monoisotopic (exact) mass is 173 g/mol. The molecule has 0 atom stereocenters. The molecular formula is C11H11NO. The van der Waals surface area contributed by atoms with Crippen molar-refractivity contribution in [2.24, 2.45) is 0 Å². The molecule has 0 aliphatic rings. The number of hydrogen-bond acceptors (Lipinski definition) is 2. The van der Waals surface area contributed by atoms with Gasteiger partial charge in [-0.2, -0.15) is 0 Å². The third kappa shape index (κ3) is 1.35. The Morgan fingerprint density at radius 2 is 2.08 bits per heavy atom. The van der Waals surface area contributed by atoms with E-state index in [-0.39, 0.29) is 0 Å². The van der Waals surface area contributed by atoms with Crippen LogP contribution in [0.4, 0.5) is 0 Å². The minimum Gasteiger partial charge on any atom is -0.497 e. The topological polar surface area (TPSA) is 22.1 Å². The van der Waals surface area contributed by atoms with E-state index in [0.29, 0.717) is 0 Å². The highest BCUT2D eigenvalue weighted by atomic mass is 16.5. The molecule has 0 spiro atoms. The van der Waals surface area contributed by atoms with Crippen LogP contribution < -0.4 is 4.74 Å². The quantitative estimate of drug-likeness (QED) is 0.661. The Kier molecular flexibility index (Phi) is 1.89. The second kappa shape index (κ2) is 3.05. The normalized spacial score (nSPS) is 10.3.